The highest BCUT2D eigenvalue weighted by molar-refractivity contribution is 6.35. The largest absolute Gasteiger partial charge is 0.293 e. The van der Waals surface area contributed by atoms with Crippen LogP contribution in [0.4, 0.5) is 0 Å². The van der Waals surface area contributed by atoms with Crippen LogP contribution in [0.25, 0.3) is 11.2 Å². The predicted octanol–water partition coefficient (Wildman–Crippen LogP) is 3.70. The molecule has 8 heteroatoms. The number of halogens is 2. The number of nitrogens with zero attached hydrogens (tertiary/aromatic N) is 5. The van der Waals surface area contributed by atoms with E-state index in [1.807, 2.05) is 31.2 Å². The van der Waals surface area contributed by atoms with E-state index in [0.717, 1.165) is 11.1 Å². The van der Waals surface area contributed by atoms with Crippen molar-refractivity contribution in [3.8, 4) is 0 Å². The second kappa shape index (κ2) is 7.13. The van der Waals surface area contributed by atoms with Gasteiger partial charge >= 0.3 is 0 Å². The molecule has 136 valence electrons. The van der Waals surface area contributed by atoms with Crippen molar-refractivity contribution in [1.29, 1.82) is 0 Å². The number of aromatic nitrogens is 5. The van der Waals surface area contributed by atoms with Crippen LogP contribution in [0.5, 0.6) is 0 Å². The maximum Gasteiger partial charge on any atom is 0.283 e. The van der Waals surface area contributed by atoms with Gasteiger partial charge in [0.1, 0.15) is 6.33 Å². The van der Waals surface area contributed by atoms with Crippen LogP contribution in [0.15, 0.2) is 53.6 Å². The number of aryl methyl sites for hydroxylation is 1. The van der Waals surface area contributed by atoms with Crippen LogP contribution in [-0.2, 0) is 13.1 Å². The average molecular weight is 400 g/mol. The summed E-state index contributed by atoms with van der Waals surface area (Å²) in [7, 11) is 0. The molecule has 4 rings (SSSR count). The summed E-state index contributed by atoms with van der Waals surface area (Å²) in [5, 5.41) is 9.18. The predicted molar refractivity (Wildman–Crippen MR) is 105 cm³/mol. The molecule has 2 aromatic heterocycles. The topological polar surface area (TPSA) is 65.6 Å². The molecular formula is C19H15Cl2N5O. The van der Waals surface area contributed by atoms with Gasteiger partial charge in [-0.05, 0) is 30.2 Å². The lowest BCUT2D eigenvalue weighted by Gasteiger charge is -2.08. The maximum absolute atomic E-state index is 12.8. The molecule has 2 aromatic carbocycles. The molecule has 0 unspecified atom stereocenters. The Morgan fingerprint density at radius 2 is 1.81 bits per heavy atom. The second-order valence-electron chi connectivity index (χ2n) is 6.32. The summed E-state index contributed by atoms with van der Waals surface area (Å²) in [6.07, 6.45) is 1.49. The lowest BCUT2D eigenvalue weighted by atomic mass is 10.1. The standard InChI is InChI=1S/C19H15Cl2N5O/c1-12-2-4-13(5-3-12)9-26-18-17(23-24-26)19(27)25(11-22-18)10-14-6-7-15(20)8-16(14)21/h2-8,11H,9-10H2,1H3. The molecule has 0 aliphatic heterocycles. The van der Waals surface area contributed by atoms with Crippen LogP contribution in [0.1, 0.15) is 16.7 Å². The summed E-state index contributed by atoms with van der Waals surface area (Å²) in [5.74, 6) is 0. The zero-order valence-corrected chi connectivity index (χ0v) is 15.9. The lowest BCUT2D eigenvalue weighted by Crippen LogP contribution is -2.21. The van der Waals surface area contributed by atoms with Gasteiger partial charge < -0.3 is 0 Å². The van der Waals surface area contributed by atoms with Crippen molar-refractivity contribution in [1.82, 2.24) is 24.5 Å². The third kappa shape index (κ3) is 3.59. The Kier molecular flexibility index (Phi) is 4.68. The lowest BCUT2D eigenvalue weighted by molar-refractivity contribution is 0.662. The van der Waals surface area contributed by atoms with E-state index >= 15 is 0 Å². The van der Waals surface area contributed by atoms with Crippen molar-refractivity contribution >= 4 is 34.4 Å². The number of hydrogen-bond donors (Lipinski definition) is 0. The monoisotopic (exact) mass is 399 g/mol. The first-order chi connectivity index (χ1) is 13.0. The third-order valence-corrected chi connectivity index (χ3v) is 4.89. The van der Waals surface area contributed by atoms with Gasteiger partial charge in [0.15, 0.2) is 11.2 Å². The minimum atomic E-state index is -0.263. The fourth-order valence-electron chi connectivity index (χ4n) is 2.81. The molecule has 0 aliphatic rings. The molecule has 0 spiro atoms. The van der Waals surface area contributed by atoms with Gasteiger partial charge in [0.2, 0.25) is 0 Å². The van der Waals surface area contributed by atoms with Gasteiger partial charge in [-0.25, -0.2) is 9.67 Å². The average Bonchev–Trinajstić information content (AvgIpc) is 3.05. The molecule has 0 fully saturated rings. The van der Waals surface area contributed by atoms with Crippen molar-refractivity contribution in [3.63, 3.8) is 0 Å². The van der Waals surface area contributed by atoms with E-state index < -0.39 is 0 Å². The summed E-state index contributed by atoms with van der Waals surface area (Å²) in [5.41, 5.74) is 3.45. The van der Waals surface area contributed by atoms with Crippen molar-refractivity contribution in [3.05, 3.63) is 85.9 Å². The Labute approximate surface area is 165 Å². The molecule has 0 N–H and O–H groups in total. The summed E-state index contributed by atoms with van der Waals surface area (Å²) in [6, 6.07) is 13.3. The van der Waals surface area contributed by atoms with E-state index in [1.165, 1.54) is 16.5 Å². The van der Waals surface area contributed by atoms with Gasteiger partial charge in [0.25, 0.3) is 5.56 Å². The smallest absolute Gasteiger partial charge is 0.283 e. The van der Waals surface area contributed by atoms with Crippen molar-refractivity contribution in [2.45, 2.75) is 20.0 Å². The molecular weight excluding hydrogens is 385 g/mol. The summed E-state index contributed by atoms with van der Waals surface area (Å²) in [4.78, 5) is 17.2. The van der Waals surface area contributed by atoms with Crippen LogP contribution in [-0.4, -0.2) is 24.5 Å². The van der Waals surface area contributed by atoms with Crippen molar-refractivity contribution in [2.24, 2.45) is 0 Å². The second-order valence-corrected chi connectivity index (χ2v) is 7.16. The Morgan fingerprint density at radius 3 is 2.56 bits per heavy atom. The molecule has 0 bridgehead atoms. The van der Waals surface area contributed by atoms with Crippen LogP contribution >= 0.6 is 23.2 Å². The number of rotatable bonds is 4. The minimum Gasteiger partial charge on any atom is -0.293 e. The van der Waals surface area contributed by atoms with Crippen LogP contribution < -0.4 is 5.56 Å². The van der Waals surface area contributed by atoms with E-state index in [9.17, 15) is 4.79 Å². The van der Waals surface area contributed by atoms with Gasteiger partial charge in [-0.1, -0.05) is 64.3 Å². The molecule has 4 aromatic rings. The van der Waals surface area contributed by atoms with Crippen LogP contribution in [0.2, 0.25) is 10.0 Å². The Hall–Kier alpha value is -2.70. The Bertz CT molecular complexity index is 1180. The summed E-state index contributed by atoms with van der Waals surface area (Å²) in [6.45, 7) is 2.81. The van der Waals surface area contributed by atoms with Crippen molar-refractivity contribution in [2.75, 3.05) is 0 Å². The molecule has 27 heavy (non-hydrogen) atoms. The highest BCUT2D eigenvalue weighted by Crippen LogP contribution is 2.21. The zero-order valence-electron chi connectivity index (χ0n) is 14.4. The SMILES string of the molecule is Cc1ccc(Cn2nnc3c(=O)n(Cc4ccc(Cl)cc4Cl)cnc32)cc1. The van der Waals surface area contributed by atoms with Gasteiger partial charge in [0, 0.05) is 10.0 Å². The highest BCUT2D eigenvalue weighted by atomic mass is 35.5. The van der Waals surface area contributed by atoms with Crippen LogP contribution in [0, 0.1) is 6.92 Å². The van der Waals surface area contributed by atoms with E-state index in [2.05, 4.69) is 15.3 Å². The molecule has 6 nitrogen and oxygen atoms in total. The van der Waals surface area contributed by atoms with Gasteiger partial charge in [-0.2, -0.15) is 0 Å². The molecule has 0 saturated carbocycles. The molecule has 0 saturated heterocycles. The maximum atomic E-state index is 12.8. The van der Waals surface area contributed by atoms with Crippen LogP contribution in [0.3, 0.4) is 0 Å². The third-order valence-electron chi connectivity index (χ3n) is 4.30. The highest BCUT2D eigenvalue weighted by Gasteiger charge is 2.13. The Balaban J connectivity index is 1.67. The number of fused-ring (bicyclic) bond motifs is 1. The van der Waals surface area contributed by atoms with Gasteiger partial charge in [-0.15, -0.1) is 5.10 Å². The zero-order chi connectivity index (χ0) is 19.0. The molecule has 0 radical (unpaired) electrons. The van der Waals surface area contributed by atoms with Crippen molar-refractivity contribution < 1.29 is 0 Å². The molecule has 0 aliphatic carbocycles. The molecule has 0 atom stereocenters. The van der Waals surface area contributed by atoms with Gasteiger partial charge in [0.05, 0.1) is 13.1 Å². The number of benzene rings is 2. The fourth-order valence-corrected chi connectivity index (χ4v) is 3.27. The van der Waals surface area contributed by atoms with E-state index in [0.29, 0.717) is 22.2 Å². The number of hydrogen-bond acceptors (Lipinski definition) is 4. The summed E-state index contributed by atoms with van der Waals surface area (Å²) >= 11 is 12.1. The first-order valence-corrected chi connectivity index (χ1v) is 9.05. The van der Waals surface area contributed by atoms with E-state index in [1.54, 1.807) is 22.9 Å². The van der Waals surface area contributed by atoms with Gasteiger partial charge in [-0.3, -0.25) is 9.36 Å². The van der Waals surface area contributed by atoms with E-state index in [4.69, 9.17) is 23.2 Å². The molecule has 0 amide bonds. The molecule has 2 heterocycles. The quantitative estimate of drug-likeness (QED) is 0.524. The minimum absolute atomic E-state index is 0.231. The summed E-state index contributed by atoms with van der Waals surface area (Å²) < 4.78 is 3.09. The first-order valence-electron chi connectivity index (χ1n) is 8.29. The first kappa shape index (κ1) is 17.7. The fraction of sp³-hybridized carbons (Fsp3) is 0.158. The normalized spacial score (nSPS) is 11.2. The Morgan fingerprint density at radius 1 is 1.04 bits per heavy atom. The van der Waals surface area contributed by atoms with E-state index in [-0.39, 0.29) is 17.6 Å².